The SMILES string of the molecule is Cc1ccc(Cl)cc1N(CC(=O)N(Cc1cccc(Br)c1)[C@@H](C)C(=O)NCC(C)C)S(C)(=O)=O. The molecule has 0 saturated carbocycles. The van der Waals surface area contributed by atoms with E-state index in [2.05, 4.69) is 21.2 Å². The van der Waals surface area contributed by atoms with Crippen molar-refractivity contribution in [3.8, 4) is 0 Å². The van der Waals surface area contributed by atoms with Crippen LogP contribution < -0.4 is 9.62 Å². The van der Waals surface area contributed by atoms with Gasteiger partial charge in [0.15, 0.2) is 0 Å². The Morgan fingerprint density at radius 1 is 1.12 bits per heavy atom. The number of carbonyl (C=O) groups is 2. The first-order valence-electron chi connectivity index (χ1n) is 10.8. The second-order valence-corrected chi connectivity index (χ2v) is 11.9. The third-order valence-electron chi connectivity index (χ3n) is 5.21. The van der Waals surface area contributed by atoms with E-state index in [9.17, 15) is 18.0 Å². The molecule has 2 aromatic rings. The number of anilines is 1. The highest BCUT2D eigenvalue weighted by Crippen LogP contribution is 2.27. The number of rotatable bonds is 10. The second-order valence-electron chi connectivity index (χ2n) is 8.67. The van der Waals surface area contributed by atoms with Crippen LogP contribution in [0, 0.1) is 12.8 Å². The maximum Gasteiger partial charge on any atom is 0.244 e. The highest BCUT2D eigenvalue weighted by atomic mass is 79.9. The Hall–Kier alpha value is -2.10. The average molecular weight is 573 g/mol. The molecule has 0 spiro atoms. The molecule has 0 unspecified atom stereocenters. The first kappa shape index (κ1) is 28.1. The minimum Gasteiger partial charge on any atom is -0.354 e. The van der Waals surface area contributed by atoms with E-state index in [-0.39, 0.29) is 18.4 Å². The Morgan fingerprint density at radius 2 is 1.79 bits per heavy atom. The summed E-state index contributed by atoms with van der Waals surface area (Å²) in [5.41, 5.74) is 1.78. The number of sulfonamides is 1. The molecule has 1 atom stereocenters. The largest absolute Gasteiger partial charge is 0.354 e. The molecule has 34 heavy (non-hydrogen) atoms. The lowest BCUT2D eigenvalue weighted by Crippen LogP contribution is -2.51. The Balaban J connectivity index is 2.41. The Kier molecular flexibility index (Phi) is 9.96. The molecule has 2 rings (SSSR count). The molecule has 10 heteroatoms. The van der Waals surface area contributed by atoms with Crippen molar-refractivity contribution >= 4 is 55.1 Å². The van der Waals surface area contributed by atoms with Crippen LogP contribution in [0.15, 0.2) is 46.9 Å². The van der Waals surface area contributed by atoms with E-state index in [4.69, 9.17) is 11.6 Å². The standard InChI is InChI=1S/C24H31BrClN3O4S/c1-16(2)13-27-24(31)18(4)28(14-19-7-6-8-20(25)11-19)23(30)15-29(34(5,32)33)22-12-21(26)10-9-17(22)3/h6-12,16,18H,13-15H2,1-5H3,(H,27,31)/t18-/m0/s1. The number of aryl methyl sites for hydroxylation is 1. The van der Waals surface area contributed by atoms with E-state index < -0.39 is 28.5 Å². The quantitative estimate of drug-likeness (QED) is 0.458. The summed E-state index contributed by atoms with van der Waals surface area (Å²) in [4.78, 5) is 27.8. The molecule has 2 amide bonds. The van der Waals surface area contributed by atoms with Crippen LogP contribution in [-0.2, 0) is 26.2 Å². The highest BCUT2D eigenvalue weighted by molar-refractivity contribution is 9.10. The molecule has 0 aliphatic rings. The van der Waals surface area contributed by atoms with Crippen LogP contribution in [0.5, 0.6) is 0 Å². The Labute approximate surface area is 215 Å². The van der Waals surface area contributed by atoms with Gasteiger partial charge in [-0.25, -0.2) is 8.42 Å². The fourth-order valence-corrected chi connectivity index (χ4v) is 4.82. The summed E-state index contributed by atoms with van der Waals surface area (Å²) in [6.07, 6.45) is 1.04. The first-order valence-corrected chi connectivity index (χ1v) is 13.9. The topological polar surface area (TPSA) is 86.8 Å². The highest BCUT2D eigenvalue weighted by Gasteiger charge is 2.30. The van der Waals surface area contributed by atoms with E-state index in [0.29, 0.717) is 22.8 Å². The van der Waals surface area contributed by atoms with Gasteiger partial charge in [0.1, 0.15) is 12.6 Å². The maximum atomic E-state index is 13.5. The zero-order valence-corrected chi connectivity index (χ0v) is 23.2. The van der Waals surface area contributed by atoms with Crippen molar-refractivity contribution in [2.75, 3.05) is 23.7 Å². The van der Waals surface area contributed by atoms with E-state index in [1.54, 1.807) is 26.0 Å². The van der Waals surface area contributed by atoms with Crippen LogP contribution in [0.3, 0.4) is 0 Å². The van der Waals surface area contributed by atoms with Gasteiger partial charge in [-0.05, 0) is 55.2 Å². The van der Waals surface area contributed by atoms with Crippen molar-refractivity contribution in [1.29, 1.82) is 0 Å². The molecule has 0 saturated heterocycles. The molecule has 2 aromatic carbocycles. The van der Waals surface area contributed by atoms with Crippen molar-refractivity contribution in [2.45, 2.75) is 40.3 Å². The summed E-state index contributed by atoms with van der Waals surface area (Å²) in [6.45, 7) is 7.49. The number of carbonyl (C=O) groups excluding carboxylic acids is 2. The smallest absolute Gasteiger partial charge is 0.244 e. The van der Waals surface area contributed by atoms with Gasteiger partial charge in [0.2, 0.25) is 21.8 Å². The van der Waals surface area contributed by atoms with E-state index in [1.165, 1.54) is 11.0 Å². The van der Waals surface area contributed by atoms with Gasteiger partial charge < -0.3 is 10.2 Å². The van der Waals surface area contributed by atoms with Gasteiger partial charge in [-0.2, -0.15) is 0 Å². The van der Waals surface area contributed by atoms with Crippen molar-refractivity contribution in [1.82, 2.24) is 10.2 Å². The molecule has 0 radical (unpaired) electrons. The van der Waals surface area contributed by atoms with E-state index in [1.807, 2.05) is 38.1 Å². The monoisotopic (exact) mass is 571 g/mol. The summed E-state index contributed by atoms with van der Waals surface area (Å²) in [7, 11) is -3.81. The third kappa shape index (κ3) is 7.99. The number of hydrogen-bond acceptors (Lipinski definition) is 4. The molecule has 0 bridgehead atoms. The molecule has 0 fully saturated rings. The Bertz CT molecular complexity index is 1140. The normalized spacial score (nSPS) is 12.4. The zero-order valence-electron chi connectivity index (χ0n) is 20.0. The lowest BCUT2D eigenvalue weighted by Gasteiger charge is -2.32. The third-order valence-corrected chi connectivity index (χ3v) is 7.07. The van der Waals surface area contributed by atoms with Crippen LogP contribution in [0.4, 0.5) is 5.69 Å². The fraction of sp³-hybridized carbons (Fsp3) is 0.417. The first-order chi connectivity index (χ1) is 15.8. The van der Waals surface area contributed by atoms with Gasteiger partial charge in [0, 0.05) is 22.6 Å². The van der Waals surface area contributed by atoms with Gasteiger partial charge in [0.05, 0.1) is 11.9 Å². The number of benzene rings is 2. The predicted molar refractivity (Wildman–Crippen MR) is 140 cm³/mol. The van der Waals surface area contributed by atoms with E-state index >= 15 is 0 Å². The van der Waals surface area contributed by atoms with Crippen molar-refractivity contribution in [3.63, 3.8) is 0 Å². The number of hydrogen-bond donors (Lipinski definition) is 1. The average Bonchev–Trinajstić information content (AvgIpc) is 2.74. The van der Waals surface area contributed by atoms with Crippen molar-refractivity contribution in [3.05, 3.63) is 63.1 Å². The molecule has 0 aromatic heterocycles. The van der Waals surface area contributed by atoms with Crippen LogP contribution in [0.1, 0.15) is 31.9 Å². The number of nitrogens with one attached hydrogen (secondary N) is 1. The molecule has 0 aliphatic heterocycles. The lowest BCUT2D eigenvalue weighted by molar-refractivity contribution is -0.139. The predicted octanol–water partition coefficient (Wildman–Crippen LogP) is 4.37. The van der Waals surface area contributed by atoms with Crippen LogP contribution in [0.25, 0.3) is 0 Å². The number of halogens is 2. The van der Waals surface area contributed by atoms with Gasteiger partial charge >= 0.3 is 0 Å². The maximum absolute atomic E-state index is 13.5. The van der Waals surface area contributed by atoms with Crippen LogP contribution in [-0.4, -0.2) is 50.5 Å². The summed E-state index contributed by atoms with van der Waals surface area (Å²) in [6, 6.07) is 11.5. The molecule has 186 valence electrons. The number of amides is 2. The molecular formula is C24H31BrClN3O4S. The van der Waals surface area contributed by atoms with Crippen LogP contribution >= 0.6 is 27.5 Å². The minimum atomic E-state index is -3.81. The molecule has 0 heterocycles. The molecule has 7 nitrogen and oxygen atoms in total. The zero-order chi connectivity index (χ0) is 25.6. The van der Waals surface area contributed by atoms with E-state index in [0.717, 1.165) is 20.6 Å². The van der Waals surface area contributed by atoms with Gasteiger partial charge in [-0.15, -0.1) is 0 Å². The Morgan fingerprint density at radius 3 is 2.38 bits per heavy atom. The molecule has 1 N–H and O–H groups in total. The van der Waals surface area contributed by atoms with Gasteiger partial charge in [-0.3, -0.25) is 13.9 Å². The molecule has 0 aliphatic carbocycles. The lowest BCUT2D eigenvalue weighted by atomic mass is 10.1. The number of nitrogens with zero attached hydrogens (tertiary/aromatic N) is 2. The summed E-state index contributed by atoms with van der Waals surface area (Å²) in [5, 5.41) is 3.21. The van der Waals surface area contributed by atoms with Crippen molar-refractivity contribution < 1.29 is 18.0 Å². The van der Waals surface area contributed by atoms with Crippen molar-refractivity contribution in [2.24, 2.45) is 5.92 Å². The fourth-order valence-electron chi connectivity index (χ4n) is 3.31. The summed E-state index contributed by atoms with van der Waals surface area (Å²) in [5.74, 6) is -0.559. The van der Waals surface area contributed by atoms with Crippen LogP contribution in [0.2, 0.25) is 5.02 Å². The summed E-state index contributed by atoms with van der Waals surface area (Å²) >= 11 is 9.54. The van der Waals surface area contributed by atoms with Gasteiger partial charge in [0.25, 0.3) is 0 Å². The molecular weight excluding hydrogens is 542 g/mol. The van der Waals surface area contributed by atoms with Gasteiger partial charge in [-0.1, -0.05) is 59.6 Å². The second kappa shape index (κ2) is 12.0. The minimum absolute atomic E-state index is 0.140. The summed E-state index contributed by atoms with van der Waals surface area (Å²) < 4.78 is 27.2.